The van der Waals surface area contributed by atoms with Crippen molar-refractivity contribution < 1.29 is 14.2 Å². The number of methoxy groups -OCH3 is 2. The Morgan fingerprint density at radius 3 is 2.07 bits per heavy atom. The number of hydrogen-bond donors (Lipinski definition) is 0. The van der Waals surface area contributed by atoms with Crippen LogP contribution >= 0.6 is 0 Å². The van der Waals surface area contributed by atoms with Crippen LogP contribution in [-0.4, -0.2) is 64.2 Å². The van der Waals surface area contributed by atoms with Gasteiger partial charge in [0.1, 0.15) is 0 Å². The molecule has 0 spiro atoms. The maximum absolute atomic E-state index is 5.78. The quantitative estimate of drug-likeness (QED) is 0.636. The predicted molar refractivity (Wildman–Crippen MR) is 54.2 cm³/mol. The summed E-state index contributed by atoms with van der Waals surface area (Å²) < 4.78 is 16.0. The monoisotopic (exact) mass is 202 g/mol. The summed E-state index contributed by atoms with van der Waals surface area (Å²) in [4.78, 5) is 2.26. The Morgan fingerprint density at radius 2 is 1.71 bits per heavy atom. The predicted octanol–water partition coefficient (Wildman–Crippen LogP) is 0.183. The molecule has 4 heteroatoms. The van der Waals surface area contributed by atoms with Crippen molar-refractivity contribution in [2.24, 2.45) is 0 Å². The molecule has 1 rings (SSSR count). The van der Waals surface area contributed by atoms with Crippen molar-refractivity contribution in [1.82, 2.24) is 4.90 Å². The molecule has 2 atom stereocenters. The Kier molecular flexibility index (Phi) is 5.40. The third kappa shape index (κ3) is 3.53. The van der Waals surface area contributed by atoms with E-state index in [4.69, 9.17) is 14.2 Å². The highest BCUT2D eigenvalue weighted by molar-refractivity contribution is 4.78. The van der Waals surface area contributed by atoms with Gasteiger partial charge < -0.3 is 14.2 Å². The fourth-order valence-electron chi connectivity index (χ4n) is 1.75. The minimum atomic E-state index is 0.149. The summed E-state index contributed by atoms with van der Waals surface area (Å²) in [5.74, 6) is 0. The topological polar surface area (TPSA) is 30.9 Å². The van der Waals surface area contributed by atoms with Crippen LogP contribution in [0.3, 0.4) is 0 Å². The smallest absolute Gasteiger partial charge is 0.0940 e. The molecule has 0 aromatic heterocycles. The number of rotatable bonds is 5. The van der Waals surface area contributed by atoms with Gasteiger partial charge >= 0.3 is 0 Å². The van der Waals surface area contributed by atoms with Crippen molar-refractivity contribution in [3.8, 4) is 0 Å². The van der Waals surface area contributed by atoms with Gasteiger partial charge in [0.15, 0.2) is 0 Å². The van der Waals surface area contributed by atoms with Gasteiger partial charge in [0.2, 0.25) is 0 Å². The van der Waals surface area contributed by atoms with Crippen LogP contribution in [0.15, 0.2) is 0 Å². The second-order valence-electron chi connectivity index (χ2n) is 3.55. The van der Waals surface area contributed by atoms with E-state index in [9.17, 15) is 0 Å². The van der Waals surface area contributed by atoms with E-state index in [0.29, 0.717) is 13.2 Å². The molecule has 0 aromatic carbocycles. The number of hydrogen-bond acceptors (Lipinski definition) is 4. The second kappa shape index (κ2) is 6.35. The molecular formula is C10H20NO3. The molecule has 0 bridgehead atoms. The van der Waals surface area contributed by atoms with E-state index >= 15 is 0 Å². The maximum atomic E-state index is 5.78. The molecule has 0 aliphatic carbocycles. The Balaban J connectivity index is 2.39. The molecule has 1 radical (unpaired) electrons. The average molecular weight is 202 g/mol. The lowest BCUT2D eigenvalue weighted by Gasteiger charge is -2.37. The van der Waals surface area contributed by atoms with E-state index in [1.165, 1.54) is 0 Å². The molecular weight excluding hydrogens is 182 g/mol. The molecule has 0 N–H and O–H groups in total. The summed E-state index contributed by atoms with van der Waals surface area (Å²) >= 11 is 0. The zero-order valence-electron chi connectivity index (χ0n) is 9.07. The summed E-state index contributed by atoms with van der Waals surface area (Å²) in [6, 6.07) is 0. The van der Waals surface area contributed by atoms with Crippen LogP contribution in [0.25, 0.3) is 0 Å². The highest BCUT2D eigenvalue weighted by atomic mass is 16.6. The van der Waals surface area contributed by atoms with Crippen LogP contribution in [0.5, 0.6) is 0 Å². The minimum absolute atomic E-state index is 0.149. The lowest BCUT2D eigenvalue weighted by Crippen LogP contribution is -2.50. The third-order valence-electron chi connectivity index (χ3n) is 2.33. The Labute approximate surface area is 86.1 Å². The Morgan fingerprint density at radius 1 is 1.21 bits per heavy atom. The minimum Gasteiger partial charge on any atom is -0.382 e. The molecule has 2 unspecified atom stereocenters. The van der Waals surface area contributed by atoms with E-state index in [2.05, 4.69) is 11.8 Å². The molecule has 1 aliphatic heterocycles. The van der Waals surface area contributed by atoms with Crippen LogP contribution < -0.4 is 0 Å². The van der Waals surface area contributed by atoms with Gasteiger partial charge in [-0.05, 0) is 13.5 Å². The zero-order chi connectivity index (χ0) is 10.4. The molecule has 0 aromatic rings. The van der Waals surface area contributed by atoms with E-state index in [1.54, 1.807) is 14.2 Å². The molecule has 0 saturated carbocycles. The standard InChI is InChI=1S/C10H20NO3/c1-4-11-5-9(7-12-2)14-10(6-11)8-13-3/h9-10H,1,4-8H2,2-3H3. The molecule has 1 aliphatic rings. The van der Waals surface area contributed by atoms with Crippen LogP contribution in [0.1, 0.15) is 0 Å². The first-order chi connectivity index (χ1) is 6.80. The molecule has 14 heavy (non-hydrogen) atoms. The molecule has 0 amide bonds. The van der Waals surface area contributed by atoms with E-state index < -0.39 is 0 Å². The van der Waals surface area contributed by atoms with Gasteiger partial charge in [-0.1, -0.05) is 0 Å². The average Bonchev–Trinajstić information content (AvgIpc) is 2.18. The highest BCUT2D eigenvalue weighted by Gasteiger charge is 2.26. The van der Waals surface area contributed by atoms with Gasteiger partial charge in [0.05, 0.1) is 25.4 Å². The highest BCUT2D eigenvalue weighted by Crippen LogP contribution is 2.11. The first-order valence-corrected chi connectivity index (χ1v) is 4.95. The van der Waals surface area contributed by atoms with E-state index in [0.717, 1.165) is 19.6 Å². The maximum Gasteiger partial charge on any atom is 0.0940 e. The van der Waals surface area contributed by atoms with Gasteiger partial charge in [-0.3, -0.25) is 4.90 Å². The van der Waals surface area contributed by atoms with Crippen molar-refractivity contribution in [2.45, 2.75) is 12.2 Å². The van der Waals surface area contributed by atoms with Gasteiger partial charge in [-0.2, -0.15) is 0 Å². The van der Waals surface area contributed by atoms with Gasteiger partial charge in [-0.25, -0.2) is 0 Å². The van der Waals surface area contributed by atoms with Crippen LogP contribution in [0, 0.1) is 6.92 Å². The lowest BCUT2D eigenvalue weighted by atomic mass is 10.2. The third-order valence-corrected chi connectivity index (χ3v) is 2.33. The number of ether oxygens (including phenoxy) is 3. The van der Waals surface area contributed by atoms with Crippen LogP contribution in [0.4, 0.5) is 0 Å². The summed E-state index contributed by atoms with van der Waals surface area (Å²) in [6.07, 6.45) is 0.297. The van der Waals surface area contributed by atoms with Gasteiger partial charge in [0, 0.05) is 27.3 Å². The van der Waals surface area contributed by atoms with E-state index in [-0.39, 0.29) is 12.2 Å². The molecule has 4 nitrogen and oxygen atoms in total. The first-order valence-electron chi connectivity index (χ1n) is 4.95. The summed E-state index contributed by atoms with van der Waals surface area (Å²) in [7, 11) is 3.38. The van der Waals surface area contributed by atoms with Crippen LogP contribution in [0.2, 0.25) is 0 Å². The van der Waals surface area contributed by atoms with Crippen LogP contribution in [-0.2, 0) is 14.2 Å². The lowest BCUT2D eigenvalue weighted by molar-refractivity contribution is -0.124. The van der Waals surface area contributed by atoms with Crippen molar-refractivity contribution in [1.29, 1.82) is 0 Å². The van der Waals surface area contributed by atoms with Crippen molar-refractivity contribution in [2.75, 3.05) is 47.1 Å². The largest absolute Gasteiger partial charge is 0.382 e. The van der Waals surface area contributed by atoms with Crippen molar-refractivity contribution in [3.05, 3.63) is 6.92 Å². The molecule has 83 valence electrons. The normalized spacial score (nSPS) is 29.4. The summed E-state index contributed by atoms with van der Waals surface area (Å²) in [5.41, 5.74) is 0. The molecule has 1 heterocycles. The van der Waals surface area contributed by atoms with E-state index in [1.807, 2.05) is 0 Å². The Hall–Kier alpha value is -0.160. The van der Waals surface area contributed by atoms with Crippen molar-refractivity contribution in [3.63, 3.8) is 0 Å². The number of morpholine rings is 1. The SMILES string of the molecule is [CH2]CN1CC(COC)OC(COC)C1. The summed E-state index contributed by atoms with van der Waals surface area (Å²) in [6.45, 7) is 7.77. The first kappa shape index (κ1) is 11.9. The fraction of sp³-hybridized carbons (Fsp3) is 0.900. The summed E-state index contributed by atoms with van der Waals surface area (Å²) in [5, 5.41) is 0. The van der Waals surface area contributed by atoms with Gasteiger partial charge in [0.25, 0.3) is 0 Å². The fourth-order valence-corrected chi connectivity index (χ4v) is 1.75. The Bertz CT molecular complexity index is 140. The van der Waals surface area contributed by atoms with Gasteiger partial charge in [-0.15, -0.1) is 0 Å². The molecule has 1 saturated heterocycles. The second-order valence-corrected chi connectivity index (χ2v) is 3.55. The van der Waals surface area contributed by atoms with Crippen molar-refractivity contribution >= 4 is 0 Å². The molecule has 1 fully saturated rings. The zero-order valence-corrected chi connectivity index (χ0v) is 9.07. The number of nitrogens with zero attached hydrogens (tertiary/aromatic N) is 1.